The number of aromatic nitrogens is 1. The van der Waals surface area contributed by atoms with Crippen LogP contribution >= 0.6 is 11.6 Å². The summed E-state index contributed by atoms with van der Waals surface area (Å²) in [5.74, 6) is 0.167. The van der Waals surface area contributed by atoms with Crippen LogP contribution < -0.4 is 0 Å². The third-order valence-electron chi connectivity index (χ3n) is 3.96. The predicted molar refractivity (Wildman–Crippen MR) is 97.2 cm³/mol. The zero-order valence-electron chi connectivity index (χ0n) is 14.4. The molecule has 0 aliphatic rings. The lowest BCUT2D eigenvalue weighted by Crippen LogP contribution is -2.34. The normalized spacial score (nSPS) is 10.8. The summed E-state index contributed by atoms with van der Waals surface area (Å²) in [4.78, 5) is 14.2. The third kappa shape index (κ3) is 5.11. The minimum atomic E-state index is 0.167. The molecule has 4 nitrogen and oxygen atoms in total. The van der Waals surface area contributed by atoms with Gasteiger partial charge in [0.15, 0.2) is 0 Å². The van der Waals surface area contributed by atoms with Crippen molar-refractivity contribution < 1.29 is 9.53 Å². The van der Waals surface area contributed by atoms with Crippen LogP contribution in [0.1, 0.15) is 31.0 Å². The van der Waals surface area contributed by atoms with Gasteiger partial charge in [0.1, 0.15) is 0 Å². The van der Waals surface area contributed by atoms with E-state index in [9.17, 15) is 4.79 Å². The average Bonchev–Trinajstić information content (AvgIpc) is 3.00. The molecule has 0 aliphatic carbocycles. The molecule has 0 fully saturated rings. The van der Waals surface area contributed by atoms with Crippen LogP contribution in [-0.4, -0.2) is 35.6 Å². The minimum absolute atomic E-state index is 0.167. The van der Waals surface area contributed by atoms with E-state index in [0.717, 1.165) is 22.7 Å². The van der Waals surface area contributed by atoms with Crippen molar-refractivity contribution in [1.82, 2.24) is 9.47 Å². The molecule has 0 aliphatic heterocycles. The molecule has 0 bridgehead atoms. The van der Waals surface area contributed by atoms with E-state index in [1.165, 1.54) is 0 Å². The molecule has 5 heteroatoms. The maximum atomic E-state index is 12.3. The number of carbonyl (C=O) groups is 1. The molecule has 0 N–H and O–H groups in total. The fourth-order valence-corrected chi connectivity index (χ4v) is 2.81. The van der Waals surface area contributed by atoms with Crippen molar-refractivity contribution in [2.75, 3.05) is 20.3 Å². The Balaban J connectivity index is 2.12. The summed E-state index contributed by atoms with van der Waals surface area (Å²) >= 11 is 6.27. The topological polar surface area (TPSA) is 34.5 Å². The molecule has 130 valence electrons. The largest absolute Gasteiger partial charge is 0.383 e. The van der Waals surface area contributed by atoms with Gasteiger partial charge in [-0.1, -0.05) is 36.7 Å². The van der Waals surface area contributed by atoms with Gasteiger partial charge in [-0.25, -0.2) is 0 Å². The SMILES string of the molecule is CCCC(=O)N(CCOC)Cc1cccn1Cc1ccccc1Cl. The van der Waals surface area contributed by atoms with Crippen molar-refractivity contribution in [2.45, 2.75) is 32.9 Å². The molecule has 2 rings (SSSR count). The smallest absolute Gasteiger partial charge is 0.222 e. The highest BCUT2D eigenvalue weighted by Crippen LogP contribution is 2.18. The van der Waals surface area contributed by atoms with Crippen molar-refractivity contribution in [2.24, 2.45) is 0 Å². The lowest BCUT2D eigenvalue weighted by molar-refractivity contribution is -0.132. The van der Waals surface area contributed by atoms with Crippen LogP contribution in [0.3, 0.4) is 0 Å². The minimum Gasteiger partial charge on any atom is -0.383 e. The van der Waals surface area contributed by atoms with Gasteiger partial charge in [-0.15, -0.1) is 0 Å². The second-order valence-electron chi connectivity index (χ2n) is 5.78. The number of halogens is 1. The lowest BCUT2D eigenvalue weighted by atomic mass is 10.2. The Morgan fingerprint density at radius 1 is 1.25 bits per heavy atom. The molecule has 1 heterocycles. The molecule has 1 amide bonds. The first-order valence-electron chi connectivity index (χ1n) is 8.29. The molecule has 0 radical (unpaired) electrons. The first kappa shape index (κ1) is 18.6. The van der Waals surface area contributed by atoms with Crippen molar-refractivity contribution in [1.29, 1.82) is 0 Å². The van der Waals surface area contributed by atoms with E-state index < -0.39 is 0 Å². The molecule has 24 heavy (non-hydrogen) atoms. The Bertz CT molecular complexity index is 654. The fourth-order valence-electron chi connectivity index (χ4n) is 2.62. The lowest BCUT2D eigenvalue weighted by Gasteiger charge is -2.23. The Morgan fingerprint density at radius 3 is 2.75 bits per heavy atom. The molecule has 1 aromatic carbocycles. The summed E-state index contributed by atoms with van der Waals surface area (Å²) in [6.07, 6.45) is 3.44. The molecule has 0 unspecified atom stereocenters. The van der Waals surface area contributed by atoms with E-state index in [4.69, 9.17) is 16.3 Å². The van der Waals surface area contributed by atoms with Gasteiger partial charge in [0.2, 0.25) is 5.91 Å². The van der Waals surface area contributed by atoms with Crippen LogP contribution in [-0.2, 0) is 22.6 Å². The summed E-state index contributed by atoms with van der Waals surface area (Å²) < 4.78 is 7.28. The Kier molecular flexibility index (Phi) is 7.35. The zero-order valence-corrected chi connectivity index (χ0v) is 15.1. The maximum absolute atomic E-state index is 12.3. The summed E-state index contributed by atoms with van der Waals surface area (Å²) in [6.45, 7) is 4.45. The zero-order chi connectivity index (χ0) is 17.4. The number of hydrogen-bond acceptors (Lipinski definition) is 2. The number of hydrogen-bond donors (Lipinski definition) is 0. The summed E-state index contributed by atoms with van der Waals surface area (Å²) in [7, 11) is 1.66. The molecule has 0 saturated carbocycles. The maximum Gasteiger partial charge on any atom is 0.222 e. The molecular weight excluding hydrogens is 324 g/mol. The van der Waals surface area contributed by atoms with E-state index in [1.54, 1.807) is 7.11 Å². The average molecular weight is 349 g/mol. The van der Waals surface area contributed by atoms with E-state index in [2.05, 4.69) is 10.6 Å². The second-order valence-corrected chi connectivity index (χ2v) is 6.18. The molecule has 1 aromatic heterocycles. The monoisotopic (exact) mass is 348 g/mol. The van der Waals surface area contributed by atoms with E-state index >= 15 is 0 Å². The number of ether oxygens (including phenoxy) is 1. The van der Waals surface area contributed by atoms with Gasteiger partial charge in [-0.2, -0.15) is 0 Å². The Labute approximate surface area is 149 Å². The number of methoxy groups -OCH3 is 1. The number of nitrogens with zero attached hydrogens (tertiary/aromatic N) is 2. The molecule has 0 spiro atoms. The van der Waals surface area contributed by atoms with Crippen LogP contribution in [0, 0.1) is 0 Å². The van der Waals surface area contributed by atoms with Gasteiger partial charge < -0.3 is 14.2 Å². The quantitative estimate of drug-likeness (QED) is 0.687. The highest BCUT2D eigenvalue weighted by Gasteiger charge is 2.15. The van der Waals surface area contributed by atoms with Crippen molar-refractivity contribution in [3.05, 3.63) is 58.9 Å². The van der Waals surface area contributed by atoms with Gasteiger partial charge in [-0.05, 0) is 30.2 Å². The van der Waals surface area contributed by atoms with Gasteiger partial charge in [-0.3, -0.25) is 4.79 Å². The van der Waals surface area contributed by atoms with Crippen molar-refractivity contribution in [3.8, 4) is 0 Å². The van der Waals surface area contributed by atoms with Gasteiger partial charge in [0, 0.05) is 43.5 Å². The van der Waals surface area contributed by atoms with Crippen LogP contribution in [0.5, 0.6) is 0 Å². The molecule has 2 aromatic rings. The third-order valence-corrected chi connectivity index (χ3v) is 4.33. The highest BCUT2D eigenvalue weighted by atomic mass is 35.5. The van der Waals surface area contributed by atoms with Crippen LogP contribution in [0.15, 0.2) is 42.6 Å². The first-order valence-corrected chi connectivity index (χ1v) is 8.67. The molecular formula is C19H25ClN2O2. The first-order chi connectivity index (χ1) is 11.7. The van der Waals surface area contributed by atoms with E-state index in [-0.39, 0.29) is 5.91 Å². The van der Waals surface area contributed by atoms with Gasteiger partial charge in [0.25, 0.3) is 0 Å². The fraction of sp³-hybridized carbons (Fsp3) is 0.421. The van der Waals surface area contributed by atoms with Gasteiger partial charge >= 0.3 is 0 Å². The van der Waals surface area contributed by atoms with Crippen LogP contribution in [0.4, 0.5) is 0 Å². The van der Waals surface area contributed by atoms with Crippen molar-refractivity contribution >= 4 is 17.5 Å². The number of carbonyl (C=O) groups excluding carboxylic acids is 1. The number of benzene rings is 1. The van der Waals surface area contributed by atoms with E-state index in [0.29, 0.717) is 32.7 Å². The van der Waals surface area contributed by atoms with Gasteiger partial charge in [0.05, 0.1) is 13.2 Å². The van der Waals surface area contributed by atoms with Crippen LogP contribution in [0.25, 0.3) is 0 Å². The number of amides is 1. The Hall–Kier alpha value is -1.78. The summed E-state index contributed by atoms with van der Waals surface area (Å²) in [5.41, 5.74) is 2.16. The summed E-state index contributed by atoms with van der Waals surface area (Å²) in [5, 5.41) is 0.760. The standard InChI is InChI=1S/C19H25ClN2O2/c1-3-7-19(23)22(12-13-24-2)15-17-9-6-11-21(17)14-16-8-4-5-10-18(16)20/h4-6,8-11H,3,7,12-15H2,1-2H3. The second kappa shape index (κ2) is 9.50. The van der Waals surface area contributed by atoms with Crippen LogP contribution in [0.2, 0.25) is 5.02 Å². The van der Waals surface area contributed by atoms with E-state index in [1.807, 2.05) is 48.4 Å². The number of rotatable bonds is 9. The summed E-state index contributed by atoms with van der Waals surface area (Å²) in [6, 6.07) is 11.9. The predicted octanol–water partition coefficient (Wildman–Crippen LogP) is 3.96. The highest BCUT2D eigenvalue weighted by molar-refractivity contribution is 6.31. The molecule has 0 atom stereocenters. The Morgan fingerprint density at radius 2 is 2.04 bits per heavy atom. The van der Waals surface area contributed by atoms with Crippen molar-refractivity contribution in [3.63, 3.8) is 0 Å². The molecule has 0 saturated heterocycles.